The third-order valence-electron chi connectivity index (χ3n) is 1.99. The quantitative estimate of drug-likeness (QED) is 0.811. The van der Waals surface area contributed by atoms with Crippen molar-refractivity contribution >= 4 is 24.0 Å². The average Bonchev–Trinajstić information content (AvgIpc) is 2.08. The van der Waals surface area contributed by atoms with Crippen LogP contribution in [0.4, 0.5) is 0 Å². The molecule has 1 aromatic rings. The number of hydrogen-bond acceptors (Lipinski definition) is 1. The highest BCUT2D eigenvalue weighted by molar-refractivity contribution is 6.31. The molecule has 1 aromatic carbocycles. The lowest BCUT2D eigenvalue weighted by Gasteiger charge is -2.11. The van der Waals surface area contributed by atoms with Gasteiger partial charge in [0, 0.05) is 11.1 Å². The molecular weight excluding hydrogens is 205 g/mol. The van der Waals surface area contributed by atoms with Gasteiger partial charge in [-0.05, 0) is 25.0 Å². The first-order valence-corrected chi connectivity index (χ1v) is 4.54. The molecule has 0 aromatic heterocycles. The van der Waals surface area contributed by atoms with Crippen LogP contribution in [0.1, 0.15) is 30.5 Å². The zero-order valence-corrected chi connectivity index (χ0v) is 9.45. The van der Waals surface area contributed by atoms with Crippen molar-refractivity contribution in [3.63, 3.8) is 0 Å². The van der Waals surface area contributed by atoms with Crippen molar-refractivity contribution in [3.8, 4) is 0 Å². The van der Waals surface area contributed by atoms with Crippen LogP contribution in [0.5, 0.6) is 0 Å². The Morgan fingerprint density at radius 2 is 2.08 bits per heavy atom. The van der Waals surface area contributed by atoms with Crippen molar-refractivity contribution in [1.82, 2.24) is 0 Å². The zero-order valence-electron chi connectivity index (χ0n) is 7.88. The van der Waals surface area contributed by atoms with Crippen LogP contribution in [0, 0.1) is 6.92 Å². The zero-order chi connectivity index (χ0) is 9.14. The number of nitrogens with two attached hydrogens (primary N) is 1. The average molecular weight is 220 g/mol. The minimum absolute atomic E-state index is 0. The summed E-state index contributed by atoms with van der Waals surface area (Å²) in [5.41, 5.74) is 8.14. The highest BCUT2D eigenvalue weighted by atomic mass is 35.5. The summed E-state index contributed by atoms with van der Waals surface area (Å²) in [5.74, 6) is 0. The van der Waals surface area contributed by atoms with Gasteiger partial charge in [-0.2, -0.15) is 0 Å². The van der Waals surface area contributed by atoms with Crippen LogP contribution in [0.2, 0.25) is 5.02 Å². The summed E-state index contributed by atoms with van der Waals surface area (Å²) in [5, 5.41) is 0.773. The molecule has 13 heavy (non-hydrogen) atoms. The second-order valence-electron chi connectivity index (χ2n) is 3.04. The Hall–Kier alpha value is -0.240. The van der Waals surface area contributed by atoms with Crippen molar-refractivity contribution < 1.29 is 0 Å². The Kier molecular flexibility index (Phi) is 5.38. The van der Waals surface area contributed by atoms with Gasteiger partial charge in [0.1, 0.15) is 0 Å². The van der Waals surface area contributed by atoms with Gasteiger partial charge in [-0.3, -0.25) is 0 Å². The maximum Gasteiger partial charge on any atom is 0.0453 e. The van der Waals surface area contributed by atoms with Crippen molar-refractivity contribution in [2.24, 2.45) is 5.73 Å². The summed E-state index contributed by atoms with van der Waals surface area (Å²) in [6, 6.07) is 6.02. The number of rotatable bonds is 2. The van der Waals surface area contributed by atoms with Crippen LogP contribution in [0.15, 0.2) is 18.2 Å². The van der Waals surface area contributed by atoms with Gasteiger partial charge in [0.05, 0.1) is 0 Å². The van der Waals surface area contributed by atoms with E-state index in [-0.39, 0.29) is 18.4 Å². The largest absolute Gasteiger partial charge is 0.324 e. The molecule has 3 heteroatoms. The number of benzene rings is 1. The summed E-state index contributed by atoms with van der Waals surface area (Å²) in [6.07, 6.45) is 0.920. The number of aryl methyl sites for hydroxylation is 1. The second kappa shape index (κ2) is 5.48. The molecule has 0 saturated heterocycles. The van der Waals surface area contributed by atoms with Crippen LogP contribution in [-0.4, -0.2) is 0 Å². The SMILES string of the molecule is CCC(N)c1cc(C)ccc1Cl.Cl. The molecule has 1 unspecified atom stereocenters. The molecule has 0 aliphatic heterocycles. The van der Waals surface area contributed by atoms with E-state index in [1.165, 1.54) is 5.56 Å². The lowest BCUT2D eigenvalue weighted by molar-refractivity contribution is 0.698. The molecule has 0 bridgehead atoms. The van der Waals surface area contributed by atoms with Gasteiger partial charge in [0.15, 0.2) is 0 Å². The second-order valence-corrected chi connectivity index (χ2v) is 3.45. The molecule has 0 saturated carbocycles. The smallest absolute Gasteiger partial charge is 0.0453 e. The van der Waals surface area contributed by atoms with Gasteiger partial charge in [0.2, 0.25) is 0 Å². The van der Waals surface area contributed by atoms with Crippen LogP contribution >= 0.6 is 24.0 Å². The van der Waals surface area contributed by atoms with E-state index in [1.807, 2.05) is 19.1 Å². The van der Waals surface area contributed by atoms with Crippen molar-refractivity contribution in [2.45, 2.75) is 26.3 Å². The minimum atomic E-state index is 0. The van der Waals surface area contributed by atoms with Gasteiger partial charge >= 0.3 is 0 Å². The van der Waals surface area contributed by atoms with Crippen LogP contribution in [-0.2, 0) is 0 Å². The normalized spacial score (nSPS) is 12.0. The molecular formula is C10H15Cl2N. The highest BCUT2D eigenvalue weighted by Crippen LogP contribution is 2.24. The molecule has 2 N–H and O–H groups in total. The van der Waals surface area contributed by atoms with E-state index in [0.29, 0.717) is 0 Å². The predicted octanol–water partition coefficient (Wildman–Crippen LogP) is 3.48. The molecule has 1 rings (SSSR count). The molecule has 0 radical (unpaired) electrons. The summed E-state index contributed by atoms with van der Waals surface area (Å²) < 4.78 is 0. The first kappa shape index (κ1) is 12.8. The summed E-state index contributed by atoms with van der Waals surface area (Å²) in [7, 11) is 0. The minimum Gasteiger partial charge on any atom is -0.324 e. The molecule has 1 nitrogen and oxygen atoms in total. The maximum absolute atomic E-state index is 5.99. The lowest BCUT2D eigenvalue weighted by atomic mass is 10.0. The molecule has 0 amide bonds. The predicted molar refractivity (Wildman–Crippen MR) is 60.7 cm³/mol. The fourth-order valence-corrected chi connectivity index (χ4v) is 1.42. The van der Waals surface area contributed by atoms with Crippen molar-refractivity contribution in [1.29, 1.82) is 0 Å². The van der Waals surface area contributed by atoms with E-state index in [9.17, 15) is 0 Å². The number of halogens is 2. The highest BCUT2D eigenvalue weighted by Gasteiger charge is 2.07. The van der Waals surface area contributed by atoms with Crippen LogP contribution in [0.25, 0.3) is 0 Å². The molecule has 0 heterocycles. The van der Waals surface area contributed by atoms with Crippen molar-refractivity contribution in [3.05, 3.63) is 34.3 Å². The monoisotopic (exact) mass is 219 g/mol. The molecule has 0 aliphatic rings. The Morgan fingerprint density at radius 1 is 1.46 bits per heavy atom. The lowest BCUT2D eigenvalue weighted by Crippen LogP contribution is -2.09. The molecule has 0 fully saturated rings. The fourth-order valence-electron chi connectivity index (χ4n) is 1.17. The Labute approximate surface area is 90.7 Å². The van der Waals surface area contributed by atoms with Gasteiger partial charge in [-0.15, -0.1) is 12.4 Å². The Morgan fingerprint density at radius 3 is 2.62 bits per heavy atom. The van der Waals surface area contributed by atoms with E-state index >= 15 is 0 Å². The van der Waals surface area contributed by atoms with E-state index < -0.39 is 0 Å². The van der Waals surface area contributed by atoms with E-state index in [2.05, 4.69) is 13.0 Å². The van der Waals surface area contributed by atoms with Crippen LogP contribution < -0.4 is 5.73 Å². The third kappa shape index (κ3) is 3.18. The standard InChI is InChI=1S/C10H14ClN.ClH/c1-3-10(12)8-6-7(2)4-5-9(8)11;/h4-6,10H,3,12H2,1-2H3;1H. The summed E-state index contributed by atoms with van der Waals surface area (Å²) >= 11 is 5.99. The Balaban J connectivity index is 0.00000144. The van der Waals surface area contributed by atoms with Crippen molar-refractivity contribution in [2.75, 3.05) is 0 Å². The number of hydrogen-bond donors (Lipinski definition) is 1. The molecule has 0 spiro atoms. The van der Waals surface area contributed by atoms with Gasteiger partial charge in [-0.25, -0.2) is 0 Å². The first-order chi connectivity index (χ1) is 5.65. The first-order valence-electron chi connectivity index (χ1n) is 4.16. The van der Waals surface area contributed by atoms with E-state index in [1.54, 1.807) is 0 Å². The van der Waals surface area contributed by atoms with Crippen LogP contribution in [0.3, 0.4) is 0 Å². The van der Waals surface area contributed by atoms with Gasteiger partial charge in [0.25, 0.3) is 0 Å². The van der Waals surface area contributed by atoms with Gasteiger partial charge in [-0.1, -0.05) is 36.2 Å². The summed E-state index contributed by atoms with van der Waals surface area (Å²) in [6.45, 7) is 4.10. The van der Waals surface area contributed by atoms with Gasteiger partial charge < -0.3 is 5.73 Å². The fraction of sp³-hybridized carbons (Fsp3) is 0.400. The summed E-state index contributed by atoms with van der Waals surface area (Å²) in [4.78, 5) is 0. The molecule has 0 aliphatic carbocycles. The van der Waals surface area contributed by atoms with E-state index in [0.717, 1.165) is 17.0 Å². The molecule has 1 atom stereocenters. The third-order valence-corrected chi connectivity index (χ3v) is 2.34. The topological polar surface area (TPSA) is 26.0 Å². The van der Waals surface area contributed by atoms with E-state index in [4.69, 9.17) is 17.3 Å². The molecule has 74 valence electrons. The maximum atomic E-state index is 5.99. The Bertz CT molecular complexity index is 274.